The smallest absolute Gasteiger partial charge is 0.150 e. The molecule has 4 heterocycles. The van der Waals surface area contributed by atoms with E-state index < -0.39 is 5.82 Å². The minimum Gasteiger partial charge on any atom is -0.381 e. The summed E-state index contributed by atoms with van der Waals surface area (Å²) in [6, 6.07) is 1.62. The molecule has 2 aliphatic rings. The molecule has 1 atom stereocenters. The molecular weight excluding hydrogens is 385 g/mol. The van der Waals surface area contributed by atoms with Gasteiger partial charge in [0.15, 0.2) is 5.82 Å². The van der Waals surface area contributed by atoms with Gasteiger partial charge in [0.2, 0.25) is 0 Å². The van der Waals surface area contributed by atoms with Gasteiger partial charge in [-0.05, 0) is 44.2 Å². The van der Waals surface area contributed by atoms with Gasteiger partial charge in [-0.15, -0.1) is 0 Å². The van der Waals surface area contributed by atoms with Crippen LogP contribution in [0.25, 0.3) is 11.3 Å². The van der Waals surface area contributed by atoms with E-state index in [1.54, 1.807) is 12.3 Å². The van der Waals surface area contributed by atoms with Gasteiger partial charge >= 0.3 is 0 Å². The van der Waals surface area contributed by atoms with E-state index in [4.69, 9.17) is 4.74 Å². The number of ether oxygens (including phenoxy) is 1. The van der Waals surface area contributed by atoms with Crippen molar-refractivity contribution in [2.75, 3.05) is 38.2 Å². The molecular formula is C22H28FN5O2. The van der Waals surface area contributed by atoms with Crippen LogP contribution >= 0.6 is 0 Å². The number of halogens is 1. The zero-order valence-electron chi connectivity index (χ0n) is 17.1. The van der Waals surface area contributed by atoms with Crippen molar-refractivity contribution in [2.24, 2.45) is 11.8 Å². The van der Waals surface area contributed by atoms with E-state index in [0.29, 0.717) is 35.2 Å². The van der Waals surface area contributed by atoms with E-state index in [-0.39, 0.29) is 18.1 Å². The largest absolute Gasteiger partial charge is 0.381 e. The van der Waals surface area contributed by atoms with Crippen LogP contribution in [0.4, 0.5) is 10.2 Å². The lowest BCUT2D eigenvalue weighted by atomic mass is 9.92. The van der Waals surface area contributed by atoms with Crippen LogP contribution in [0.1, 0.15) is 31.4 Å². The molecule has 30 heavy (non-hydrogen) atoms. The number of ketones is 1. The molecule has 2 aliphatic heterocycles. The van der Waals surface area contributed by atoms with E-state index in [1.165, 1.54) is 12.4 Å². The molecule has 0 bridgehead atoms. The molecule has 0 aromatic carbocycles. The molecule has 0 saturated carbocycles. The number of carbonyl (C=O) groups is 1. The SMILES string of the molecule is O=C(Cc1cc(-c2cncc(NCC3CCOCC3)n2)c(F)cn1)[C@@H]1CCCNC1. The molecule has 0 unspecified atom stereocenters. The highest BCUT2D eigenvalue weighted by molar-refractivity contribution is 5.83. The summed E-state index contributed by atoms with van der Waals surface area (Å²) >= 11 is 0. The number of nitrogens with zero attached hydrogens (tertiary/aromatic N) is 3. The molecule has 0 aliphatic carbocycles. The average molecular weight is 413 g/mol. The Kier molecular flexibility index (Phi) is 6.96. The molecule has 2 saturated heterocycles. The van der Waals surface area contributed by atoms with Crippen molar-refractivity contribution in [1.82, 2.24) is 20.3 Å². The Morgan fingerprint density at radius 1 is 1.23 bits per heavy atom. The van der Waals surface area contributed by atoms with Crippen molar-refractivity contribution in [3.63, 3.8) is 0 Å². The molecule has 0 amide bonds. The van der Waals surface area contributed by atoms with Gasteiger partial charge in [-0.2, -0.15) is 0 Å². The Bertz CT molecular complexity index is 866. The number of rotatable bonds is 7. The minimum atomic E-state index is -0.471. The van der Waals surface area contributed by atoms with Crippen molar-refractivity contribution in [1.29, 1.82) is 0 Å². The normalized spacial score (nSPS) is 20.1. The molecule has 0 spiro atoms. The van der Waals surface area contributed by atoms with Gasteiger partial charge in [-0.1, -0.05) is 0 Å². The molecule has 8 heteroatoms. The average Bonchev–Trinajstić information content (AvgIpc) is 2.80. The second-order valence-electron chi connectivity index (χ2n) is 8.07. The highest BCUT2D eigenvalue weighted by atomic mass is 19.1. The van der Waals surface area contributed by atoms with Crippen LogP contribution in [-0.2, 0) is 16.0 Å². The maximum Gasteiger partial charge on any atom is 0.150 e. The highest BCUT2D eigenvalue weighted by Gasteiger charge is 2.22. The third-order valence-corrected chi connectivity index (χ3v) is 5.84. The van der Waals surface area contributed by atoms with Gasteiger partial charge in [-0.25, -0.2) is 9.37 Å². The van der Waals surface area contributed by atoms with Crippen molar-refractivity contribution in [2.45, 2.75) is 32.1 Å². The Morgan fingerprint density at radius 2 is 2.10 bits per heavy atom. The minimum absolute atomic E-state index is 0.00607. The van der Waals surface area contributed by atoms with Crippen LogP contribution in [0.3, 0.4) is 0 Å². The Morgan fingerprint density at radius 3 is 2.90 bits per heavy atom. The van der Waals surface area contributed by atoms with E-state index >= 15 is 0 Å². The summed E-state index contributed by atoms with van der Waals surface area (Å²) in [5, 5.41) is 6.56. The number of aromatic nitrogens is 3. The van der Waals surface area contributed by atoms with Crippen LogP contribution in [0, 0.1) is 17.7 Å². The quantitative estimate of drug-likeness (QED) is 0.721. The maximum atomic E-state index is 14.5. The lowest BCUT2D eigenvalue weighted by molar-refractivity contribution is -0.122. The first-order valence-corrected chi connectivity index (χ1v) is 10.7. The maximum absolute atomic E-state index is 14.5. The van der Waals surface area contributed by atoms with Crippen LogP contribution < -0.4 is 10.6 Å². The number of nitrogens with one attached hydrogen (secondary N) is 2. The topological polar surface area (TPSA) is 89.0 Å². The van der Waals surface area contributed by atoms with Crippen molar-refractivity contribution < 1.29 is 13.9 Å². The molecule has 0 radical (unpaired) electrons. The molecule has 2 N–H and O–H groups in total. The Balaban J connectivity index is 1.45. The van der Waals surface area contributed by atoms with Gasteiger partial charge in [0.25, 0.3) is 0 Å². The van der Waals surface area contributed by atoms with Gasteiger partial charge < -0.3 is 15.4 Å². The zero-order valence-corrected chi connectivity index (χ0v) is 17.1. The lowest BCUT2D eigenvalue weighted by Gasteiger charge is -2.22. The third kappa shape index (κ3) is 5.37. The molecule has 7 nitrogen and oxygen atoms in total. The van der Waals surface area contributed by atoms with Crippen LogP contribution in [0.2, 0.25) is 0 Å². The highest BCUT2D eigenvalue weighted by Crippen LogP contribution is 2.23. The lowest BCUT2D eigenvalue weighted by Crippen LogP contribution is -2.35. The Labute approximate surface area is 175 Å². The second-order valence-corrected chi connectivity index (χ2v) is 8.07. The number of hydrogen-bond acceptors (Lipinski definition) is 7. The molecule has 160 valence electrons. The van der Waals surface area contributed by atoms with Crippen LogP contribution in [0.15, 0.2) is 24.7 Å². The molecule has 4 rings (SSSR count). The van der Waals surface area contributed by atoms with Crippen molar-refractivity contribution >= 4 is 11.6 Å². The van der Waals surface area contributed by atoms with Crippen molar-refractivity contribution in [3.05, 3.63) is 36.2 Å². The number of pyridine rings is 1. The summed E-state index contributed by atoms with van der Waals surface area (Å²) in [4.78, 5) is 25.4. The summed E-state index contributed by atoms with van der Waals surface area (Å²) in [7, 11) is 0. The van der Waals surface area contributed by atoms with Gasteiger partial charge in [-0.3, -0.25) is 14.8 Å². The summed E-state index contributed by atoms with van der Waals surface area (Å²) in [6.07, 6.45) is 8.49. The van der Waals surface area contributed by atoms with E-state index in [1.807, 2.05) is 0 Å². The predicted molar refractivity (Wildman–Crippen MR) is 112 cm³/mol. The third-order valence-electron chi connectivity index (χ3n) is 5.84. The fourth-order valence-corrected chi connectivity index (χ4v) is 4.00. The summed E-state index contributed by atoms with van der Waals surface area (Å²) in [6.45, 7) is 4.03. The van der Waals surface area contributed by atoms with Crippen molar-refractivity contribution in [3.8, 4) is 11.3 Å². The number of hydrogen-bond donors (Lipinski definition) is 2. The first-order valence-electron chi connectivity index (χ1n) is 10.7. The van der Waals surface area contributed by atoms with E-state index in [9.17, 15) is 9.18 Å². The first kappa shape index (κ1) is 20.8. The molecule has 2 fully saturated rings. The first-order chi connectivity index (χ1) is 14.7. The fourth-order valence-electron chi connectivity index (χ4n) is 4.00. The fraction of sp³-hybridized carbons (Fsp3) is 0.545. The zero-order chi connectivity index (χ0) is 20.8. The van der Waals surface area contributed by atoms with Crippen LogP contribution in [-0.4, -0.2) is 53.6 Å². The Hall–Kier alpha value is -2.45. The number of piperidine rings is 1. The van der Waals surface area contributed by atoms with Gasteiger partial charge in [0.05, 0.1) is 24.3 Å². The second kappa shape index (κ2) is 10.0. The summed E-state index contributed by atoms with van der Waals surface area (Å²) in [5.41, 5.74) is 1.31. The summed E-state index contributed by atoms with van der Waals surface area (Å²) < 4.78 is 19.9. The molecule has 2 aromatic rings. The predicted octanol–water partition coefficient (Wildman–Crippen LogP) is 2.63. The number of carbonyl (C=O) groups excluding carboxylic acids is 1. The number of anilines is 1. The summed E-state index contributed by atoms with van der Waals surface area (Å²) in [5.74, 6) is 0.827. The van der Waals surface area contributed by atoms with E-state index in [0.717, 1.165) is 52.0 Å². The van der Waals surface area contributed by atoms with Crippen LogP contribution in [0.5, 0.6) is 0 Å². The van der Waals surface area contributed by atoms with Gasteiger partial charge in [0.1, 0.15) is 11.6 Å². The monoisotopic (exact) mass is 413 g/mol. The number of Topliss-reactive ketones (excluding diaryl/α,β-unsaturated/α-hetero) is 1. The standard InChI is InChI=1S/C22H28FN5O2/c23-19-12-26-17(9-21(29)16-2-1-5-24-11-16)8-18(19)20-13-25-14-22(28-20)27-10-15-3-6-30-7-4-15/h8,12-16,24H,1-7,9-11H2,(H,27,28)/t16-/m1/s1. The molecule has 2 aromatic heterocycles. The van der Waals surface area contributed by atoms with E-state index in [2.05, 4.69) is 25.6 Å². The van der Waals surface area contributed by atoms with Gasteiger partial charge in [0, 0.05) is 49.9 Å².